The van der Waals surface area contributed by atoms with E-state index in [0.29, 0.717) is 43.8 Å². The molecule has 1 aromatic carbocycles. The molecule has 2 heterocycles. The first-order valence-electron chi connectivity index (χ1n) is 10.8. The van der Waals surface area contributed by atoms with Gasteiger partial charge in [-0.1, -0.05) is 13.8 Å². The highest BCUT2D eigenvalue weighted by molar-refractivity contribution is 7.89. The number of piperidine rings is 1. The van der Waals surface area contributed by atoms with E-state index in [2.05, 4.69) is 23.9 Å². The van der Waals surface area contributed by atoms with Gasteiger partial charge in [-0.3, -0.25) is 9.59 Å². The smallest absolute Gasteiger partial charge is 0.244 e. The molecule has 1 aromatic rings. The molecule has 2 fully saturated rings. The van der Waals surface area contributed by atoms with Gasteiger partial charge in [0.1, 0.15) is 22.1 Å². The van der Waals surface area contributed by atoms with Crippen LogP contribution in [0.1, 0.15) is 46.5 Å². The van der Waals surface area contributed by atoms with Gasteiger partial charge in [0.15, 0.2) is 0 Å². The van der Waals surface area contributed by atoms with Crippen LogP contribution in [0.25, 0.3) is 0 Å². The number of ketones is 1. The summed E-state index contributed by atoms with van der Waals surface area (Å²) in [7, 11) is -2.12. The highest BCUT2D eigenvalue weighted by Crippen LogP contribution is 2.53. The molecule has 2 N–H and O–H groups in total. The Kier molecular flexibility index (Phi) is 5.33. The van der Waals surface area contributed by atoms with Crippen LogP contribution in [0.3, 0.4) is 0 Å². The van der Waals surface area contributed by atoms with Crippen molar-refractivity contribution in [2.24, 2.45) is 17.3 Å². The SMILES string of the molecule is COc1ccc2c(c1)NC1(CCN(C(=O)C[C@@H]3C[C@H](C(C)=O)C3(C)C)CC1)NS2(=O)=O. The number of ether oxygens (including phenoxy) is 1. The second kappa shape index (κ2) is 7.48. The molecule has 0 unspecified atom stereocenters. The number of carbonyl (C=O) groups is 2. The van der Waals surface area contributed by atoms with Crippen molar-refractivity contribution in [3.63, 3.8) is 0 Å². The molecule has 2 aliphatic heterocycles. The molecule has 1 saturated heterocycles. The molecule has 0 radical (unpaired) electrons. The molecule has 8 nitrogen and oxygen atoms in total. The lowest BCUT2D eigenvalue weighted by atomic mass is 9.52. The molecular weight excluding hydrogens is 418 g/mol. The summed E-state index contributed by atoms with van der Waals surface area (Å²) in [6, 6.07) is 4.85. The topological polar surface area (TPSA) is 105 Å². The number of nitrogens with one attached hydrogen (secondary N) is 2. The summed E-state index contributed by atoms with van der Waals surface area (Å²) in [5.74, 6) is 1.10. The number of anilines is 1. The summed E-state index contributed by atoms with van der Waals surface area (Å²) >= 11 is 0. The van der Waals surface area contributed by atoms with Crippen LogP contribution in [-0.2, 0) is 19.6 Å². The molecule has 2 atom stereocenters. The zero-order valence-corrected chi connectivity index (χ0v) is 19.3. The first-order valence-corrected chi connectivity index (χ1v) is 12.2. The molecule has 9 heteroatoms. The minimum Gasteiger partial charge on any atom is -0.497 e. The average Bonchev–Trinajstić information content (AvgIpc) is 2.69. The fourth-order valence-corrected chi connectivity index (χ4v) is 6.85. The zero-order chi connectivity index (χ0) is 22.6. The van der Waals surface area contributed by atoms with E-state index in [9.17, 15) is 18.0 Å². The van der Waals surface area contributed by atoms with Crippen molar-refractivity contribution in [2.45, 2.75) is 57.0 Å². The highest BCUT2D eigenvalue weighted by atomic mass is 32.2. The van der Waals surface area contributed by atoms with Crippen LogP contribution in [-0.4, -0.2) is 50.9 Å². The predicted molar refractivity (Wildman–Crippen MR) is 116 cm³/mol. The van der Waals surface area contributed by atoms with Gasteiger partial charge in [0, 0.05) is 44.3 Å². The third-order valence-corrected chi connectivity index (χ3v) is 9.13. The minimum absolute atomic E-state index is 0.0350. The largest absolute Gasteiger partial charge is 0.497 e. The number of fused-ring (bicyclic) bond motifs is 1. The third-order valence-electron chi connectivity index (χ3n) is 7.53. The maximum atomic E-state index is 12.9. The first kappa shape index (κ1) is 22.1. The highest BCUT2D eigenvalue weighted by Gasteiger charge is 2.51. The molecule has 31 heavy (non-hydrogen) atoms. The summed E-state index contributed by atoms with van der Waals surface area (Å²) in [6.45, 7) is 6.70. The third kappa shape index (κ3) is 3.82. The average molecular weight is 450 g/mol. The Morgan fingerprint density at radius 2 is 1.90 bits per heavy atom. The number of methoxy groups -OCH3 is 1. The van der Waals surface area contributed by atoms with E-state index in [0.717, 1.165) is 6.42 Å². The van der Waals surface area contributed by atoms with Gasteiger partial charge in [-0.25, -0.2) is 8.42 Å². The van der Waals surface area contributed by atoms with Crippen molar-refractivity contribution < 1.29 is 22.7 Å². The van der Waals surface area contributed by atoms with E-state index in [-0.39, 0.29) is 33.8 Å². The number of rotatable bonds is 4. The lowest BCUT2D eigenvalue weighted by Gasteiger charge is -2.52. The summed E-state index contributed by atoms with van der Waals surface area (Å²) in [5, 5.41) is 3.35. The van der Waals surface area contributed by atoms with E-state index < -0.39 is 15.7 Å². The number of hydrogen-bond acceptors (Lipinski definition) is 6. The Morgan fingerprint density at radius 1 is 1.23 bits per heavy atom. The number of amides is 1. The number of nitrogens with zero attached hydrogens (tertiary/aromatic N) is 1. The molecule has 0 aromatic heterocycles. The zero-order valence-electron chi connectivity index (χ0n) is 18.5. The lowest BCUT2D eigenvalue weighted by molar-refractivity contribution is -0.146. The van der Waals surface area contributed by atoms with Gasteiger partial charge in [-0.2, -0.15) is 4.72 Å². The van der Waals surface area contributed by atoms with Gasteiger partial charge >= 0.3 is 0 Å². The van der Waals surface area contributed by atoms with Crippen LogP contribution in [0.2, 0.25) is 0 Å². The Morgan fingerprint density at radius 3 is 2.48 bits per heavy atom. The van der Waals surface area contributed by atoms with Crippen LogP contribution in [0.4, 0.5) is 5.69 Å². The van der Waals surface area contributed by atoms with E-state index in [1.807, 2.05) is 4.90 Å². The van der Waals surface area contributed by atoms with Gasteiger partial charge in [-0.05, 0) is 36.8 Å². The summed E-state index contributed by atoms with van der Waals surface area (Å²) in [5.41, 5.74) is -0.448. The number of sulfonamides is 1. The van der Waals surface area contributed by atoms with Crippen LogP contribution in [0.5, 0.6) is 5.75 Å². The number of Topliss-reactive ketones (excluding diaryl/α,β-unsaturated/α-hetero) is 1. The fourth-order valence-electron chi connectivity index (χ4n) is 5.32. The van der Waals surface area contributed by atoms with Crippen LogP contribution in [0.15, 0.2) is 23.1 Å². The maximum absolute atomic E-state index is 12.9. The van der Waals surface area contributed by atoms with Crippen molar-refractivity contribution in [3.8, 4) is 5.75 Å². The van der Waals surface area contributed by atoms with E-state index in [1.54, 1.807) is 26.2 Å². The van der Waals surface area contributed by atoms with E-state index in [4.69, 9.17) is 4.74 Å². The van der Waals surface area contributed by atoms with Crippen molar-refractivity contribution in [2.75, 3.05) is 25.5 Å². The van der Waals surface area contributed by atoms with Crippen LogP contribution < -0.4 is 14.8 Å². The summed E-state index contributed by atoms with van der Waals surface area (Å²) < 4.78 is 33.7. The predicted octanol–water partition coefficient (Wildman–Crippen LogP) is 2.36. The molecular formula is C22H31N3O5S. The number of hydrogen-bond donors (Lipinski definition) is 2. The van der Waals surface area contributed by atoms with Crippen molar-refractivity contribution in [3.05, 3.63) is 18.2 Å². The van der Waals surface area contributed by atoms with Crippen molar-refractivity contribution in [1.29, 1.82) is 0 Å². The first-order chi connectivity index (χ1) is 14.5. The Hall–Kier alpha value is -2.13. The summed E-state index contributed by atoms with van der Waals surface area (Å²) in [6.07, 6.45) is 2.15. The van der Waals surface area contributed by atoms with Gasteiger partial charge in [0.05, 0.1) is 12.8 Å². The fraction of sp³-hybridized carbons (Fsp3) is 0.636. The van der Waals surface area contributed by atoms with Crippen LogP contribution in [0, 0.1) is 17.3 Å². The van der Waals surface area contributed by atoms with Gasteiger partial charge in [0.2, 0.25) is 15.9 Å². The molecule has 170 valence electrons. The van der Waals surface area contributed by atoms with Gasteiger partial charge in [-0.15, -0.1) is 0 Å². The standard InChI is InChI=1S/C22H31N3O5S/c1-14(26)17-11-15(21(17,2)3)12-20(27)25-9-7-22(8-10-25)23-18-13-16(30-4)5-6-19(18)31(28,29)24-22/h5-6,13,15,17,23-24H,7-12H2,1-4H3/t15-,17+/m0/s1. The minimum atomic E-state index is -3.66. The molecule has 1 saturated carbocycles. The van der Waals surface area contributed by atoms with E-state index >= 15 is 0 Å². The molecule has 1 spiro atoms. The van der Waals surface area contributed by atoms with Crippen molar-refractivity contribution >= 4 is 27.4 Å². The second-order valence-electron chi connectivity index (χ2n) is 9.68. The quantitative estimate of drug-likeness (QED) is 0.731. The lowest BCUT2D eigenvalue weighted by Crippen LogP contribution is -2.62. The Balaban J connectivity index is 1.41. The van der Waals surface area contributed by atoms with Gasteiger partial charge in [0.25, 0.3) is 0 Å². The number of carbonyl (C=O) groups excluding carboxylic acids is 2. The van der Waals surface area contributed by atoms with Gasteiger partial charge < -0.3 is 15.0 Å². The monoisotopic (exact) mass is 449 g/mol. The molecule has 0 bridgehead atoms. The number of likely N-dealkylation sites (tertiary alicyclic amines) is 1. The Bertz CT molecular complexity index is 1010. The molecule has 1 aliphatic carbocycles. The van der Waals surface area contributed by atoms with E-state index in [1.165, 1.54) is 6.07 Å². The molecule has 4 rings (SSSR count). The molecule has 3 aliphatic rings. The normalized spacial score (nSPS) is 27.5. The van der Waals surface area contributed by atoms with Crippen molar-refractivity contribution in [1.82, 2.24) is 9.62 Å². The number of benzene rings is 1. The Labute approximate surface area is 183 Å². The molecule has 1 amide bonds. The maximum Gasteiger partial charge on any atom is 0.244 e. The second-order valence-corrected chi connectivity index (χ2v) is 11.3. The summed E-state index contributed by atoms with van der Waals surface area (Å²) in [4.78, 5) is 26.7. The van der Waals surface area contributed by atoms with Crippen LogP contribution >= 0.6 is 0 Å².